The van der Waals surface area contributed by atoms with Crippen molar-refractivity contribution >= 4 is 5.97 Å². The molecule has 1 atom stereocenters. The molecule has 0 radical (unpaired) electrons. The zero-order valence-corrected chi connectivity index (χ0v) is 16.8. The highest BCUT2D eigenvalue weighted by atomic mass is 16.5. The molecule has 0 aliphatic carbocycles. The number of carbonyl (C=O) groups is 1. The molecule has 1 aliphatic heterocycles. The van der Waals surface area contributed by atoms with Crippen LogP contribution in [0, 0.1) is 0 Å². The van der Waals surface area contributed by atoms with E-state index in [2.05, 4.69) is 58.6 Å². The van der Waals surface area contributed by atoms with Crippen LogP contribution in [0.3, 0.4) is 0 Å². The molecule has 1 N–H and O–H groups in total. The van der Waals surface area contributed by atoms with E-state index in [0.717, 1.165) is 30.5 Å². The van der Waals surface area contributed by atoms with Crippen LogP contribution in [0.1, 0.15) is 71.1 Å². The molecule has 1 aromatic carbocycles. The van der Waals surface area contributed by atoms with Gasteiger partial charge in [0.1, 0.15) is 11.8 Å². The second-order valence-electron chi connectivity index (χ2n) is 9.18. The van der Waals surface area contributed by atoms with Gasteiger partial charge in [0, 0.05) is 12.1 Å². The monoisotopic (exact) mass is 347 g/mol. The number of carbonyl (C=O) groups excluding carboxylic acids is 1. The Balaban J connectivity index is 2.44. The summed E-state index contributed by atoms with van der Waals surface area (Å²) >= 11 is 0. The third-order valence-electron chi connectivity index (χ3n) is 5.07. The number of aromatic hydroxyl groups is 1. The van der Waals surface area contributed by atoms with Gasteiger partial charge in [0.15, 0.2) is 0 Å². The van der Waals surface area contributed by atoms with Gasteiger partial charge in [0.05, 0.1) is 7.11 Å². The van der Waals surface area contributed by atoms with Gasteiger partial charge in [0.25, 0.3) is 0 Å². The van der Waals surface area contributed by atoms with E-state index < -0.39 is 0 Å². The van der Waals surface area contributed by atoms with Crippen molar-refractivity contribution in [3.05, 3.63) is 28.8 Å². The highest BCUT2D eigenvalue weighted by Gasteiger charge is 2.33. The van der Waals surface area contributed by atoms with Gasteiger partial charge in [-0.25, -0.2) is 0 Å². The Labute approximate surface area is 152 Å². The van der Waals surface area contributed by atoms with Crippen LogP contribution in [0.25, 0.3) is 0 Å². The molecule has 0 amide bonds. The minimum Gasteiger partial charge on any atom is -0.507 e. The van der Waals surface area contributed by atoms with Crippen molar-refractivity contribution in [1.82, 2.24) is 4.90 Å². The summed E-state index contributed by atoms with van der Waals surface area (Å²) in [6, 6.07) is 4.01. The van der Waals surface area contributed by atoms with Gasteiger partial charge < -0.3 is 9.84 Å². The van der Waals surface area contributed by atoms with Gasteiger partial charge in [-0.05, 0) is 41.3 Å². The van der Waals surface area contributed by atoms with Crippen LogP contribution >= 0.6 is 0 Å². The standard InChI is InChI=1S/C21H33NO3/c1-20(2,3)15-11-14(18(23)16(12-15)21(4,5)6)13-22-10-8-9-17(22)19(24)25-7/h11-12,17,23H,8-10,13H2,1-7H3/t17-/m0/s1. The average molecular weight is 347 g/mol. The zero-order chi connectivity index (χ0) is 19.0. The first-order valence-electron chi connectivity index (χ1n) is 9.14. The number of phenols is 1. The minimum absolute atomic E-state index is 0.00475. The summed E-state index contributed by atoms with van der Waals surface area (Å²) in [5, 5.41) is 10.9. The molecule has 0 spiro atoms. The fraction of sp³-hybridized carbons (Fsp3) is 0.667. The van der Waals surface area contributed by atoms with Crippen LogP contribution in [0.5, 0.6) is 5.75 Å². The Morgan fingerprint density at radius 3 is 2.36 bits per heavy atom. The molecule has 4 nitrogen and oxygen atoms in total. The lowest BCUT2D eigenvalue weighted by Gasteiger charge is -2.29. The molecule has 1 fully saturated rings. The van der Waals surface area contributed by atoms with Crippen LogP contribution in [-0.4, -0.2) is 35.7 Å². The van der Waals surface area contributed by atoms with Gasteiger partial charge in [-0.2, -0.15) is 0 Å². The second kappa shape index (κ2) is 6.99. The predicted molar refractivity (Wildman–Crippen MR) is 101 cm³/mol. The Hall–Kier alpha value is -1.55. The summed E-state index contributed by atoms with van der Waals surface area (Å²) < 4.78 is 4.95. The van der Waals surface area contributed by atoms with Gasteiger partial charge in [0.2, 0.25) is 0 Å². The quantitative estimate of drug-likeness (QED) is 0.836. The molecule has 2 rings (SSSR count). The maximum absolute atomic E-state index is 12.0. The number of esters is 1. The number of rotatable bonds is 3. The summed E-state index contributed by atoms with van der Waals surface area (Å²) in [4.78, 5) is 14.2. The first-order chi connectivity index (χ1) is 11.4. The van der Waals surface area contributed by atoms with Crippen molar-refractivity contribution in [2.24, 2.45) is 0 Å². The van der Waals surface area contributed by atoms with E-state index in [1.54, 1.807) is 0 Å². The third kappa shape index (κ3) is 4.35. The van der Waals surface area contributed by atoms with E-state index in [1.807, 2.05) is 0 Å². The molecule has 1 heterocycles. The summed E-state index contributed by atoms with van der Waals surface area (Å²) in [6.45, 7) is 14.3. The van der Waals surface area contributed by atoms with E-state index in [1.165, 1.54) is 12.7 Å². The van der Waals surface area contributed by atoms with Crippen molar-refractivity contribution < 1.29 is 14.6 Å². The van der Waals surface area contributed by atoms with Gasteiger partial charge in [-0.3, -0.25) is 9.69 Å². The summed E-state index contributed by atoms with van der Waals surface area (Å²) in [7, 11) is 1.44. The number of hydrogen-bond acceptors (Lipinski definition) is 4. The highest BCUT2D eigenvalue weighted by Crippen LogP contribution is 2.38. The molecule has 25 heavy (non-hydrogen) atoms. The number of likely N-dealkylation sites (tertiary alicyclic amines) is 1. The Morgan fingerprint density at radius 1 is 1.20 bits per heavy atom. The second-order valence-corrected chi connectivity index (χ2v) is 9.18. The molecule has 140 valence electrons. The van der Waals surface area contributed by atoms with Crippen LogP contribution in [0.2, 0.25) is 0 Å². The van der Waals surface area contributed by atoms with E-state index in [4.69, 9.17) is 4.74 Å². The first-order valence-corrected chi connectivity index (χ1v) is 9.14. The van der Waals surface area contributed by atoms with E-state index in [0.29, 0.717) is 12.3 Å². The molecule has 0 aromatic heterocycles. The molecule has 0 bridgehead atoms. The maximum atomic E-state index is 12.0. The number of phenolic OH excluding ortho intramolecular Hbond substituents is 1. The first kappa shape index (κ1) is 19.8. The van der Waals surface area contributed by atoms with Crippen molar-refractivity contribution in [3.63, 3.8) is 0 Å². The SMILES string of the molecule is COC(=O)[C@@H]1CCCN1Cc1cc(C(C)(C)C)cc(C(C)(C)C)c1O. The Kier molecular flexibility index (Phi) is 5.53. The van der Waals surface area contributed by atoms with Crippen molar-refractivity contribution in [1.29, 1.82) is 0 Å². The summed E-state index contributed by atoms with van der Waals surface area (Å²) in [6.07, 6.45) is 1.80. The maximum Gasteiger partial charge on any atom is 0.323 e. The molecule has 1 saturated heterocycles. The fourth-order valence-electron chi connectivity index (χ4n) is 3.46. The summed E-state index contributed by atoms with van der Waals surface area (Å²) in [5.74, 6) is 0.177. The summed E-state index contributed by atoms with van der Waals surface area (Å²) in [5.41, 5.74) is 2.91. The highest BCUT2D eigenvalue weighted by molar-refractivity contribution is 5.76. The van der Waals surface area contributed by atoms with E-state index in [-0.39, 0.29) is 22.8 Å². The van der Waals surface area contributed by atoms with Gasteiger partial charge in [-0.1, -0.05) is 53.7 Å². The molecule has 1 aromatic rings. The predicted octanol–water partition coefficient (Wildman–Crippen LogP) is 4.12. The van der Waals surface area contributed by atoms with Gasteiger partial charge >= 0.3 is 5.97 Å². The molecular formula is C21H33NO3. The van der Waals surface area contributed by atoms with Crippen LogP contribution in [0.15, 0.2) is 12.1 Å². The largest absolute Gasteiger partial charge is 0.507 e. The van der Waals surface area contributed by atoms with E-state index in [9.17, 15) is 9.90 Å². The number of benzene rings is 1. The van der Waals surface area contributed by atoms with Gasteiger partial charge in [-0.15, -0.1) is 0 Å². The Morgan fingerprint density at radius 2 is 1.84 bits per heavy atom. The third-order valence-corrected chi connectivity index (χ3v) is 5.07. The normalized spacial score (nSPS) is 19.2. The smallest absolute Gasteiger partial charge is 0.323 e. The number of methoxy groups -OCH3 is 1. The zero-order valence-electron chi connectivity index (χ0n) is 16.8. The molecule has 0 unspecified atom stereocenters. The molecular weight excluding hydrogens is 314 g/mol. The average Bonchev–Trinajstić information content (AvgIpc) is 2.94. The van der Waals surface area contributed by atoms with Crippen LogP contribution in [-0.2, 0) is 26.9 Å². The van der Waals surface area contributed by atoms with E-state index >= 15 is 0 Å². The lowest BCUT2D eigenvalue weighted by molar-refractivity contribution is -0.146. The van der Waals surface area contributed by atoms with Crippen molar-refractivity contribution in [2.75, 3.05) is 13.7 Å². The lowest BCUT2D eigenvalue weighted by atomic mass is 9.79. The number of hydrogen-bond donors (Lipinski definition) is 1. The van der Waals surface area contributed by atoms with Crippen molar-refractivity contribution in [3.8, 4) is 5.75 Å². The number of ether oxygens (including phenoxy) is 1. The fourth-order valence-corrected chi connectivity index (χ4v) is 3.46. The van der Waals surface area contributed by atoms with Crippen LogP contribution in [0.4, 0.5) is 0 Å². The Bertz CT molecular complexity index is 638. The number of nitrogens with zero attached hydrogens (tertiary/aromatic N) is 1. The molecule has 1 aliphatic rings. The lowest BCUT2D eigenvalue weighted by Crippen LogP contribution is -2.36. The molecule has 4 heteroatoms. The van der Waals surface area contributed by atoms with Crippen LogP contribution < -0.4 is 0 Å². The molecule has 0 saturated carbocycles. The topological polar surface area (TPSA) is 49.8 Å². The van der Waals surface area contributed by atoms with Crippen molar-refractivity contribution in [2.45, 2.75) is 77.8 Å². The minimum atomic E-state index is -0.208.